The number of ether oxygens (including phenoxy) is 1. The molecule has 1 aromatic rings. The first-order chi connectivity index (χ1) is 9.93. The van der Waals surface area contributed by atoms with Crippen molar-refractivity contribution in [1.82, 2.24) is 0 Å². The molecule has 0 aromatic heterocycles. The van der Waals surface area contributed by atoms with Crippen LogP contribution in [0.2, 0.25) is 10.0 Å². The molecule has 4 atom stereocenters. The lowest BCUT2D eigenvalue weighted by Crippen LogP contribution is -2.46. The maximum Gasteiger partial charge on any atom is 0.233 e. The number of amides is 1. The number of carbonyl (C=O) groups is 1. The van der Waals surface area contributed by atoms with Crippen molar-refractivity contribution in [2.75, 3.05) is 11.5 Å². The van der Waals surface area contributed by atoms with E-state index < -0.39 is 31.1 Å². The predicted octanol–water partition coefficient (Wildman–Crippen LogP) is 0.321. The summed E-state index contributed by atoms with van der Waals surface area (Å²) in [7, 11) is 0. The molecule has 3 rings (SSSR count). The maximum atomic E-state index is 12.2. The highest BCUT2D eigenvalue weighted by Gasteiger charge is 2.48. The average molecular weight is 334 g/mol. The zero-order valence-electron chi connectivity index (χ0n) is 10.7. The Morgan fingerprint density at radius 1 is 1.24 bits per heavy atom. The number of fused-ring (bicyclic) bond motifs is 1. The molecule has 1 aromatic carbocycles. The third kappa shape index (κ3) is 2.32. The van der Waals surface area contributed by atoms with Gasteiger partial charge in [0.1, 0.15) is 18.3 Å². The van der Waals surface area contributed by atoms with Gasteiger partial charge in [-0.3, -0.25) is 9.69 Å². The van der Waals surface area contributed by atoms with Crippen LogP contribution in [0.3, 0.4) is 0 Å². The summed E-state index contributed by atoms with van der Waals surface area (Å²) in [4.78, 5) is 13.4. The largest absolute Gasteiger partial charge is 0.394 e. The summed E-state index contributed by atoms with van der Waals surface area (Å²) in [5.41, 5.74) is 1.16. The van der Waals surface area contributed by atoms with Gasteiger partial charge in [0, 0.05) is 0 Å². The van der Waals surface area contributed by atoms with E-state index in [2.05, 4.69) is 0 Å². The summed E-state index contributed by atoms with van der Waals surface area (Å²) in [6.45, 7) is -0.453. The Hall–Kier alpha value is -0.890. The second-order valence-corrected chi connectivity index (χ2v) is 5.88. The molecule has 0 unspecified atom stereocenters. The normalized spacial score (nSPS) is 31.9. The first-order valence-corrected chi connectivity index (χ1v) is 7.12. The van der Waals surface area contributed by atoms with Crippen molar-refractivity contribution in [2.24, 2.45) is 0 Å². The Labute approximate surface area is 130 Å². The van der Waals surface area contributed by atoms with Crippen LogP contribution in [0.5, 0.6) is 0 Å². The van der Waals surface area contributed by atoms with Crippen LogP contribution in [0.25, 0.3) is 0 Å². The lowest BCUT2D eigenvalue weighted by atomic mass is 10.1. The van der Waals surface area contributed by atoms with Crippen LogP contribution < -0.4 is 4.90 Å². The number of aliphatic hydroxyl groups excluding tert-OH is 3. The van der Waals surface area contributed by atoms with Gasteiger partial charge in [-0.25, -0.2) is 0 Å². The van der Waals surface area contributed by atoms with Gasteiger partial charge in [-0.2, -0.15) is 0 Å². The summed E-state index contributed by atoms with van der Waals surface area (Å²) in [5, 5.41) is 29.6. The summed E-state index contributed by atoms with van der Waals surface area (Å²) in [6, 6.07) is 3.12. The Bertz CT molecular complexity index is 596. The molecular weight excluding hydrogens is 321 g/mol. The molecule has 1 fully saturated rings. The molecule has 2 heterocycles. The first-order valence-electron chi connectivity index (χ1n) is 6.36. The molecule has 6 nitrogen and oxygen atoms in total. The third-order valence-electron chi connectivity index (χ3n) is 3.76. The minimum Gasteiger partial charge on any atom is -0.394 e. The van der Waals surface area contributed by atoms with E-state index >= 15 is 0 Å². The molecule has 0 radical (unpaired) electrons. The molecule has 1 saturated heterocycles. The molecule has 2 aliphatic heterocycles. The second kappa shape index (κ2) is 5.39. The predicted molar refractivity (Wildman–Crippen MR) is 75.4 cm³/mol. The van der Waals surface area contributed by atoms with E-state index in [1.165, 1.54) is 11.0 Å². The molecule has 0 aliphatic carbocycles. The van der Waals surface area contributed by atoms with Gasteiger partial charge in [0.2, 0.25) is 5.91 Å². The number of halogens is 2. The van der Waals surface area contributed by atoms with Crippen LogP contribution in [0.15, 0.2) is 12.1 Å². The molecule has 21 heavy (non-hydrogen) atoms. The van der Waals surface area contributed by atoms with Crippen molar-refractivity contribution in [3.63, 3.8) is 0 Å². The van der Waals surface area contributed by atoms with E-state index in [0.717, 1.165) is 0 Å². The highest BCUT2D eigenvalue weighted by atomic mass is 35.5. The minimum absolute atomic E-state index is 0.110. The van der Waals surface area contributed by atoms with Crippen molar-refractivity contribution < 1.29 is 24.9 Å². The zero-order valence-corrected chi connectivity index (χ0v) is 12.3. The fourth-order valence-electron chi connectivity index (χ4n) is 2.70. The van der Waals surface area contributed by atoms with Crippen molar-refractivity contribution in [3.05, 3.63) is 27.7 Å². The van der Waals surface area contributed by atoms with Crippen LogP contribution in [-0.2, 0) is 16.0 Å². The maximum absolute atomic E-state index is 12.2. The van der Waals surface area contributed by atoms with E-state index in [1.54, 1.807) is 6.07 Å². The fourth-order valence-corrected chi connectivity index (χ4v) is 3.04. The Morgan fingerprint density at radius 3 is 2.52 bits per heavy atom. The summed E-state index contributed by atoms with van der Waals surface area (Å²) in [5.74, 6) is -0.293. The molecule has 0 saturated carbocycles. The number of hydrogen-bond donors (Lipinski definition) is 3. The number of nitrogens with zero attached hydrogens (tertiary/aromatic N) is 1. The first kappa shape index (κ1) is 15.0. The van der Waals surface area contributed by atoms with Crippen LogP contribution in [0, 0.1) is 0 Å². The van der Waals surface area contributed by atoms with Crippen molar-refractivity contribution >= 4 is 34.8 Å². The molecule has 8 heteroatoms. The summed E-state index contributed by atoms with van der Waals surface area (Å²) in [6.07, 6.45) is -4.47. The van der Waals surface area contributed by atoms with Crippen LogP contribution in [0.4, 0.5) is 5.69 Å². The van der Waals surface area contributed by atoms with E-state index in [0.29, 0.717) is 16.3 Å². The quantitative estimate of drug-likeness (QED) is 0.725. The van der Waals surface area contributed by atoms with Gasteiger partial charge in [0.05, 0.1) is 28.8 Å². The number of hydrogen-bond acceptors (Lipinski definition) is 5. The Morgan fingerprint density at radius 2 is 1.90 bits per heavy atom. The monoisotopic (exact) mass is 333 g/mol. The number of aliphatic hydroxyl groups is 3. The molecule has 2 aliphatic rings. The zero-order chi connectivity index (χ0) is 15.3. The summed E-state index contributed by atoms with van der Waals surface area (Å²) < 4.78 is 5.40. The highest BCUT2D eigenvalue weighted by Crippen LogP contribution is 2.39. The topological polar surface area (TPSA) is 90.2 Å². The van der Waals surface area contributed by atoms with Crippen LogP contribution in [-0.4, -0.2) is 52.4 Å². The third-order valence-corrected chi connectivity index (χ3v) is 4.49. The van der Waals surface area contributed by atoms with Gasteiger partial charge in [0.15, 0.2) is 6.23 Å². The van der Waals surface area contributed by atoms with Gasteiger partial charge >= 0.3 is 0 Å². The summed E-state index contributed by atoms with van der Waals surface area (Å²) >= 11 is 11.9. The molecule has 3 N–H and O–H groups in total. The Kier molecular flexibility index (Phi) is 3.85. The lowest BCUT2D eigenvalue weighted by Gasteiger charge is -2.27. The Balaban J connectivity index is 1.98. The van der Waals surface area contributed by atoms with E-state index in [4.69, 9.17) is 33.0 Å². The number of carbonyl (C=O) groups excluding carboxylic acids is 1. The van der Waals surface area contributed by atoms with Gasteiger partial charge in [-0.1, -0.05) is 23.2 Å². The van der Waals surface area contributed by atoms with Gasteiger partial charge in [-0.15, -0.1) is 0 Å². The number of anilines is 1. The smallest absolute Gasteiger partial charge is 0.233 e. The molecule has 0 bridgehead atoms. The highest BCUT2D eigenvalue weighted by molar-refractivity contribution is 6.42. The molecule has 114 valence electrons. The second-order valence-electron chi connectivity index (χ2n) is 5.06. The van der Waals surface area contributed by atoms with E-state index in [1.807, 2.05) is 0 Å². The standard InChI is InChI=1S/C13H13Cl2NO5/c14-6-1-5-2-10(18)16(8(5)3-7(6)15)13-12(20)11(19)9(4-17)21-13/h1,3,9,11-13,17,19-20H,2,4H2/t9-,11-,12-,13-/m1/s1. The van der Waals surface area contributed by atoms with Crippen molar-refractivity contribution in [1.29, 1.82) is 0 Å². The number of benzene rings is 1. The molecule has 1 amide bonds. The minimum atomic E-state index is -1.31. The van der Waals surface area contributed by atoms with Crippen LogP contribution in [0.1, 0.15) is 5.56 Å². The van der Waals surface area contributed by atoms with Crippen molar-refractivity contribution in [2.45, 2.75) is 31.0 Å². The van der Waals surface area contributed by atoms with E-state index in [-0.39, 0.29) is 17.4 Å². The van der Waals surface area contributed by atoms with Crippen LogP contribution >= 0.6 is 23.2 Å². The molecule has 0 spiro atoms. The number of rotatable bonds is 2. The average Bonchev–Trinajstić information content (AvgIpc) is 2.89. The van der Waals surface area contributed by atoms with E-state index in [9.17, 15) is 15.0 Å². The lowest BCUT2D eigenvalue weighted by molar-refractivity contribution is -0.121. The van der Waals surface area contributed by atoms with Crippen molar-refractivity contribution in [3.8, 4) is 0 Å². The van der Waals surface area contributed by atoms with Gasteiger partial charge in [-0.05, 0) is 17.7 Å². The SMILES string of the molecule is O=C1Cc2cc(Cl)c(Cl)cc2N1[C@@H]1O[C@H](CO)[C@@H](O)[C@H]1O. The molecular formula is C13H13Cl2NO5. The van der Waals surface area contributed by atoms with Gasteiger partial charge in [0.25, 0.3) is 0 Å². The fraction of sp³-hybridized carbons (Fsp3) is 0.462. The van der Waals surface area contributed by atoms with Gasteiger partial charge < -0.3 is 20.1 Å².